The molecule has 1 aliphatic rings. The minimum absolute atomic E-state index is 0.263. The van der Waals surface area contributed by atoms with Gasteiger partial charge in [0.25, 0.3) is 0 Å². The molecular formula is C6H12N2O3S. The molecule has 0 spiro atoms. The van der Waals surface area contributed by atoms with Gasteiger partial charge in [-0.05, 0) is 6.54 Å². The molecule has 70 valence electrons. The normalized spacial score (nSPS) is 20.3. The molecule has 1 aliphatic heterocycles. The fraction of sp³-hybridized carbons (Fsp3) is 0.833. The molecule has 0 radical (unpaired) electrons. The van der Waals surface area contributed by atoms with Crippen molar-refractivity contribution in [2.75, 3.05) is 25.4 Å². The Morgan fingerprint density at radius 1 is 1.67 bits per heavy atom. The number of carbonyl (C=O) groups is 1. The van der Waals surface area contributed by atoms with Crippen molar-refractivity contribution in [3.63, 3.8) is 0 Å². The molecule has 1 saturated heterocycles. The van der Waals surface area contributed by atoms with Gasteiger partial charge in [-0.15, -0.1) is 0 Å². The topological polar surface area (TPSA) is 83.6 Å². The fourth-order valence-electron chi connectivity index (χ4n) is 1.12. The number of rotatable bonds is 3. The van der Waals surface area contributed by atoms with Crippen LogP contribution in [0.5, 0.6) is 0 Å². The van der Waals surface area contributed by atoms with Crippen molar-refractivity contribution >= 4 is 17.0 Å². The average molecular weight is 192 g/mol. The summed E-state index contributed by atoms with van der Waals surface area (Å²) in [6.07, 6.45) is 0. The maximum atomic E-state index is 11.0. The Labute approximate surface area is 73.2 Å². The first-order valence-electron chi connectivity index (χ1n) is 3.68. The maximum Gasteiger partial charge on any atom is 0.237 e. The summed E-state index contributed by atoms with van der Waals surface area (Å²) < 4.78 is 18.7. The smallest absolute Gasteiger partial charge is 0.237 e. The number of amides is 1. The summed E-state index contributed by atoms with van der Waals surface area (Å²) in [5, 5.41) is 0. The van der Waals surface area contributed by atoms with E-state index in [1.54, 1.807) is 4.90 Å². The number of nitrogens with two attached hydrogens (primary N) is 1. The monoisotopic (exact) mass is 192 g/mol. The van der Waals surface area contributed by atoms with Crippen LogP contribution in [-0.2, 0) is 15.9 Å². The van der Waals surface area contributed by atoms with E-state index in [-0.39, 0.29) is 11.7 Å². The molecule has 1 unspecified atom stereocenters. The molecule has 0 aromatic carbocycles. The lowest BCUT2D eigenvalue weighted by atomic mass is 10.0. The van der Waals surface area contributed by atoms with Gasteiger partial charge >= 0.3 is 0 Å². The molecule has 0 aliphatic carbocycles. The lowest BCUT2D eigenvalue weighted by Crippen LogP contribution is -2.53. The van der Waals surface area contributed by atoms with Crippen LogP contribution in [0.1, 0.15) is 0 Å². The van der Waals surface area contributed by atoms with Crippen LogP contribution < -0.4 is 5.73 Å². The predicted molar refractivity (Wildman–Crippen MR) is 44.8 cm³/mol. The molecule has 5 nitrogen and oxygen atoms in total. The molecule has 1 amide bonds. The third kappa shape index (κ3) is 2.26. The standard InChI is InChI=1S/C6H12N2O3S/c7-1-5-2-8(3-5)6(9)4-12(10)11/h5H,1-4,7H2,(H,10,11). The second-order valence-electron chi connectivity index (χ2n) is 2.87. The third-order valence-electron chi connectivity index (χ3n) is 1.89. The molecular weight excluding hydrogens is 180 g/mol. The van der Waals surface area contributed by atoms with E-state index < -0.39 is 11.1 Å². The Morgan fingerprint density at radius 2 is 2.25 bits per heavy atom. The van der Waals surface area contributed by atoms with Gasteiger partial charge in [-0.3, -0.25) is 4.79 Å². The highest BCUT2D eigenvalue weighted by atomic mass is 32.2. The summed E-state index contributed by atoms with van der Waals surface area (Å²) >= 11 is -2.02. The van der Waals surface area contributed by atoms with Crippen molar-refractivity contribution in [2.45, 2.75) is 0 Å². The minimum atomic E-state index is -2.02. The van der Waals surface area contributed by atoms with Crippen LogP contribution >= 0.6 is 0 Å². The lowest BCUT2D eigenvalue weighted by Gasteiger charge is -2.38. The van der Waals surface area contributed by atoms with Crippen molar-refractivity contribution in [1.29, 1.82) is 0 Å². The lowest BCUT2D eigenvalue weighted by molar-refractivity contribution is -0.134. The number of hydrogen-bond acceptors (Lipinski definition) is 3. The van der Waals surface area contributed by atoms with Crippen LogP contribution in [0.3, 0.4) is 0 Å². The van der Waals surface area contributed by atoms with Crippen molar-refractivity contribution < 1.29 is 13.6 Å². The first kappa shape index (κ1) is 9.63. The second-order valence-corrected chi connectivity index (χ2v) is 3.80. The van der Waals surface area contributed by atoms with E-state index in [0.29, 0.717) is 25.6 Å². The zero-order valence-electron chi connectivity index (χ0n) is 6.60. The van der Waals surface area contributed by atoms with Gasteiger partial charge in [0.2, 0.25) is 5.91 Å². The molecule has 0 aromatic rings. The Hall–Kier alpha value is -0.460. The van der Waals surface area contributed by atoms with Gasteiger partial charge < -0.3 is 15.2 Å². The van der Waals surface area contributed by atoms with Crippen LogP contribution in [0.25, 0.3) is 0 Å². The summed E-state index contributed by atoms with van der Waals surface area (Å²) in [5.74, 6) is -0.182. The highest BCUT2D eigenvalue weighted by molar-refractivity contribution is 7.80. The Balaban J connectivity index is 2.24. The SMILES string of the molecule is NCC1CN(C(=O)CS(=O)O)C1. The Morgan fingerprint density at radius 3 is 2.67 bits per heavy atom. The number of likely N-dealkylation sites (tertiary alicyclic amines) is 1. The van der Waals surface area contributed by atoms with E-state index in [1.807, 2.05) is 0 Å². The minimum Gasteiger partial charge on any atom is -0.341 e. The molecule has 1 atom stereocenters. The Bertz CT molecular complexity index is 203. The van der Waals surface area contributed by atoms with Crippen molar-refractivity contribution in [3.05, 3.63) is 0 Å². The van der Waals surface area contributed by atoms with Crippen LogP contribution in [0.4, 0.5) is 0 Å². The summed E-state index contributed by atoms with van der Waals surface area (Å²) in [6, 6.07) is 0. The van der Waals surface area contributed by atoms with Gasteiger partial charge in [-0.2, -0.15) is 0 Å². The summed E-state index contributed by atoms with van der Waals surface area (Å²) in [6.45, 7) is 1.84. The number of carbonyl (C=O) groups excluding carboxylic acids is 1. The van der Waals surface area contributed by atoms with Gasteiger partial charge in [-0.25, -0.2) is 4.21 Å². The van der Waals surface area contributed by atoms with Crippen LogP contribution in [0.2, 0.25) is 0 Å². The summed E-state index contributed by atoms with van der Waals surface area (Å²) in [4.78, 5) is 12.6. The maximum absolute atomic E-state index is 11.0. The van der Waals surface area contributed by atoms with E-state index in [9.17, 15) is 9.00 Å². The average Bonchev–Trinajstić information content (AvgIpc) is 1.82. The molecule has 6 heteroatoms. The zero-order chi connectivity index (χ0) is 9.14. The highest BCUT2D eigenvalue weighted by Gasteiger charge is 2.29. The van der Waals surface area contributed by atoms with Gasteiger partial charge in [0.1, 0.15) is 5.75 Å². The van der Waals surface area contributed by atoms with E-state index in [2.05, 4.69) is 0 Å². The van der Waals surface area contributed by atoms with Crippen molar-refractivity contribution in [2.24, 2.45) is 11.7 Å². The molecule has 0 aromatic heterocycles. The molecule has 1 heterocycles. The third-order valence-corrected chi connectivity index (χ3v) is 2.38. The Kier molecular flexibility index (Phi) is 3.19. The molecule has 1 fully saturated rings. The van der Waals surface area contributed by atoms with Gasteiger partial charge in [0.15, 0.2) is 11.1 Å². The summed E-state index contributed by atoms with van der Waals surface area (Å²) in [5.41, 5.74) is 5.35. The quantitative estimate of drug-likeness (QED) is 0.540. The second kappa shape index (κ2) is 3.97. The van der Waals surface area contributed by atoms with Gasteiger partial charge in [0, 0.05) is 19.0 Å². The highest BCUT2D eigenvalue weighted by Crippen LogP contribution is 2.13. The first-order chi connectivity index (χ1) is 5.63. The fourth-order valence-corrected chi connectivity index (χ4v) is 1.51. The zero-order valence-corrected chi connectivity index (χ0v) is 7.42. The predicted octanol–water partition coefficient (Wildman–Crippen LogP) is -1.37. The van der Waals surface area contributed by atoms with E-state index in [1.165, 1.54) is 0 Å². The first-order valence-corrected chi connectivity index (χ1v) is 4.96. The van der Waals surface area contributed by atoms with Crippen LogP contribution in [0.15, 0.2) is 0 Å². The molecule has 0 bridgehead atoms. The van der Waals surface area contributed by atoms with Gasteiger partial charge in [-0.1, -0.05) is 0 Å². The number of nitrogens with zero attached hydrogens (tertiary/aromatic N) is 1. The van der Waals surface area contributed by atoms with Gasteiger partial charge in [0.05, 0.1) is 0 Å². The van der Waals surface area contributed by atoms with E-state index in [0.717, 1.165) is 0 Å². The van der Waals surface area contributed by atoms with E-state index in [4.69, 9.17) is 10.3 Å². The van der Waals surface area contributed by atoms with Crippen LogP contribution in [-0.4, -0.2) is 45.0 Å². The summed E-state index contributed by atoms with van der Waals surface area (Å²) in [7, 11) is 0. The van der Waals surface area contributed by atoms with Crippen molar-refractivity contribution in [1.82, 2.24) is 4.90 Å². The molecule has 3 N–H and O–H groups in total. The molecule has 0 saturated carbocycles. The number of hydrogen-bond donors (Lipinski definition) is 2. The molecule has 12 heavy (non-hydrogen) atoms. The largest absolute Gasteiger partial charge is 0.341 e. The molecule has 1 rings (SSSR count). The van der Waals surface area contributed by atoms with Crippen LogP contribution in [0, 0.1) is 5.92 Å². The van der Waals surface area contributed by atoms with E-state index >= 15 is 0 Å². The van der Waals surface area contributed by atoms with Crippen molar-refractivity contribution in [3.8, 4) is 0 Å².